The average molecular weight is 320 g/mol. The van der Waals surface area contributed by atoms with Gasteiger partial charge in [0, 0.05) is 19.1 Å². The first-order valence-corrected chi connectivity index (χ1v) is 8.48. The molecule has 1 saturated heterocycles. The molecule has 2 atom stereocenters. The Morgan fingerprint density at radius 1 is 1.48 bits per heavy atom. The molecular weight excluding hydrogens is 292 g/mol. The van der Waals surface area contributed by atoms with E-state index in [0.29, 0.717) is 18.3 Å². The number of amides is 1. The molecule has 5 nitrogen and oxygen atoms in total. The second-order valence-corrected chi connectivity index (χ2v) is 6.24. The maximum atomic E-state index is 12.1. The topological polar surface area (TPSA) is 61.8 Å². The molecule has 1 heterocycles. The zero-order valence-electron chi connectivity index (χ0n) is 14.1. The third kappa shape index (κ3) is 5.52. The van der Waals surface area contributed by atoms with Crippen molar-refractivity contribution in [2.24, 2.45) is 0 Å². The fourth-order valence-corrected chi connectivity index (χ4v) is 2.93. The van der Waals surface area contributed by atoms with E-state index < -0.39 is 6.10 Å². The van der Waals surface area contributed by atoms with Crippen molar-refractivity contribution in [3.05, 3.63) is 29.8 Å². The van der Waals surface area contributed by atoms with E-state index in [-0.39, 0.29) is 12.5 Å². The molecule has 2 unspecified atom stereocenters. The van der Waals surface area contributed by atoms with E-state index in [1.165, 1.54) is 19.3 Å². The molecular formula is C18H28N2O3. The summed E-state index contributed by atoms with van der Waals surface area (Å²) in [6.07, 6.45) is 3.25. The van der Waals surface area contributed by atoms with Gasteiger partial charge >= 0.3 is 0 Å². The van der Waals surface area contributed by atoms with E-state index >= 15 is 0 Å². The molecule has 0 saturated carbocycles. The van der Waals surface area contributed by atoms with Gasteiger partial charge < -0.3 is 15.2 Å². The van der Waals surface area contributed by atoms with Gasteiger partial charge in [-0.2, -0.15) is 0 Å². The van der Waals surface area contributed by atoms with Gasteiger partial charge in [-0.25, -0.2) is 0 Å². The van der Waals surface area contributed by atoms with E-state index in [9.17, 15) is 4.79 Å². The van der Waals surface area contributed by atoms with Crippen molar-refractivity contribution in [2.75, 3.05) is 19.6 Å². The van der Waals surface area contributed by atoms with Crippen molar-refractivity contribution >= 4 is 5.91 Å². The monoisotopic (exact) mass is 320 g/mol. The second-order valence-electron chi connectivity index (χ2n) is 6.24. The van der Waals surface area contributed by atoms with Gasteiger partial charge in [-0.1, -0.05) is 18.6 Å². The summed E-state index contributed by atoms with van der Waals surface area (Å²) in [6.45, 7) is 6.61. The van der Waals surface area contributed by atoms with Crippen LogP contribution < -0.4 is 10.1 Å². The highest BCUT2D eigenvalue weighted by Gasteiger charge is 2.19. The van der Waals surface area contributed by atoms with E-state index in [2.05, 4.69) is 17.1 Å². The van der Waals surface area contributed by atoms with Gasteiger partial charge in [0.25, 0.3) is 5.91 Å². The van der Waals surface area contributed by atoms with Crippen molar-refractivity contribution < 1.29 is 14.6 Å². The molecule has 23 heavy (non-hydrogen) atoms. The Bertz CT molecular complexity index is 507. The predicted molar refractivity (Wildman–Crippen MR) is 90.4 cm³/mol. The van der Waals surface area contributed by atoms with E-state index in [1.54, 1.807) is 19.1 Å². The van der Waals surface area contributed by atoms with Crippen LogP contribution in [0.5, 0.6) is 5.75 Å². The molecule has 1 aromatic rings. The van der Waals surface area contributed by atoms with Gasteiger partial charge in [0.2, 0.25) is 0 Å². The van der Waals surface area contributed by atoms with Crippen LogP contribution in [0.4, 0.5) is 0 Å². The Balaban J connectivity index is 1.74. The number of benzene rings is 1. The van der Waals surface area contributed by atoms with Gasteiger partial charge in [0.15, 0.2) is 6.10 Å². The minimum Gasteiger partial charge on any atom is -0.481 e. The summed E-state index contributed by atoms with van der Waals surface area (Å²) < 4.78 is 5.65. The fourth-order valence-electron chi connectivity index (χ4n) is 2.93. The van der Waals surface area contributed by atoms with Gasteiger partial charge in [-0.15, -0.1) is 0 Å². The lowest BCUT2D eigenvalue weighted by Gasteiger charge is -2.33. The Kier molecular flexibility index (Phi) is 6.86. The molecule has 2 N–H and O–H groups in total. The third-order valence-corrected chi connectivity index (χ3v) is 4.40. The highest BCUT2D eigenvalue weighted by molar-refractivity contribution is 5.80. The third-order valence-electron chi connectivity index (χ3n) is 4.40. The van der Waals surface area contributed by atoms with Crippen molar-refractivity contribution in [3.8, 4) is 5.75 Å². The molecule has 1 aromatic carbocycles. The average Bonchev–Trinajstić information content (AvgIpc) is 2.56. The Morgan fingerprint density at radius 3 is 3.04 bits per heavy atom. The summed E-state index contributed by atoms with van der Waals surface area (Å²) >= 11 is 0. The van der Waals surface area contributed by atoms with Gasteiger partial charge in [-0.05, 0) is 50.9 Å². The number of hydrogen-bond donors (Lipinski definition) is 2. The number of piperidine rings is 1. The van der Waals surface area contributed by atoms with Crippen LogP contribution >= 0.6 is 0 Å². The largest absolute Gasteiger partial charge is 0.481 e. The molecule has 128 valence electrons. The number of nitrogens with zero attached hydrogens (tertiary/aromatic N) is 1. The first-order valence-electron chi connectivity index (χ1n) is 8.48. The summed E-state index contributed by atoms with van der Waals surface area (Å²) in [7, 11) is 0. The lowest BCUT2D eigenvalue weighted by molar-refractivity contribution is -0.127. The molecule has 5 heteroatoms. The van der Waals surface area contributed by atoms with Crippen LogP contribution in [0.25, 0.3) is 0 Å². The molecule has 2 rings (SSSR count). The van der Waals surface area contributed by atoms with Gasteiger partial charge in [0.05, 0.1) is 6.61 Å². The molecule has 0 bridgehead atoms. The SMILES string of the molecule is CC(Oc1cccc(CO)c1)C(=O)NCCN1CCCCC1C. The zero-order chi connectivity index (χ0) is 16.7. The number of ether oxygens (including phenoxy) is 1. The van der Waals surface area contributed by atoms with Crippen molar-refractivity contribution in [1.82, 2.24) is 10.2 Å². The molecule has 1 aliphatic rings. The highest BCUT2D eigenvalue weighted by atomic mass is 16.5. The smallest absolute Gasteiger partial charge is 0.260 e. The number of hydrogen-bond acceptors (Lipinski definition) is 4. The Morgan fingerprint density at radius 2 is 2.30 bits per heavy atom. The zero-order valence-corrected chi connectivity index (χ0v) is 14.1. The normalized spacial score (nSPS) is 20.0. The number of carbonyl (C=O) groups is 1. The number of rotatable bonds is 7. The van der Waals surface area contributed by atoms with Crippen LogP contribution in [0.2, 0.25) is 0 Å². The van der Waals surface area contributed by atoms with Crippen LogP contribution in [-0.2, 0) is 11.4 Å². The van der Waals surface area contributed by atoms with Crippen molar-refractivity contribution in [2.45, 2.75) is 51.9 Å². The summed E-state index contributed by atoms with van der Waals surface area (Å²) in [5.74, 6) is 0.493. The van der Waals surface area contributed by atoms with Crippen molar-refractivity contribution in [3.63, 3.8) is 0 Å². The number of nitrogens with one attached hydrogen (secondary N) is 1. The van der Waals surface area contributed by atoms with Gasteiger partial charge in [0.1, 0.15) is 5.75 Å². The van der Waals surface area contributed by atoms with E-state index in [1.807, 2.05) is 12.1 Å². The summed E-state index contributed by atoms with van der Waals surface area (Å²) in [4.78, 5) is 14.6. The Labute approximate surface area is 138 Å². The number of aliphatic hydroxyl groups excluding tert-OH is 1. The molecule has 0 aromatic heterocycles. The fraction of sp³-hybridized carbons (Fsp3) is 0.611. The van der Waals surface area contributed by atoms with E-state index in [4.69, 9.17) is 9.84 Å². The van der Waals surface area contributed by atoms with Crippen LogP contribution in [0, 0.1) is 0 Å². The van der Waals surface area contributed by atoms with Crippen LogP contribution in [0.15, 0.2) is 24.3 Å². The van der Waals surface area contributed by atoms with Crippen LogP contribution in [0.1, 0.15) is 38.7 Å². The van der Waals surface area contributed by atoms with E-state index in [0.717, 1.165) is 18.7 Å². The van der Waals surface area contributed by atoms with Crippen LogP contribution in [0.3, 0.4) is 0 Å². The quantitative estimate of drug-likeness (QED) is 0.806. The minimum atomic E-state index is -0.553. The Hall–Kier alpha value is -1.59. The molecule has 1 amide bonds. The number of aliphatic hydroxyl groups is 1. The summed E-state index contributed by atoms with van der Waals surface area (Å²) in [6, 6.07) is 7.77. The second kappa shape index (κ2) is 8.89. The van der Waals surface area contributed by atoms with Gasteiger partial charge in [-0.3, -0.25) is 9.69 Å². The van der Waals surface area contributed by atoms with Crippen molar-refractivity contribution in [1.29, 1.82) is 0 Å². The first-order chi connectivity index (χ1) is 11.1. The van der Waals surface area contributed by atoms with Crippen LogP contribution in [-0.4, -0.2) is 47.7 Å². The highest BCUT2D eigenvalue weighted by Crippen LogP contribution is 2.16. The predicted octanol–water partition coefficient (Wildman–Crippen LogP) is 1.94. The number of likely N-dealkylation sites (tertiary alicyclic amines) is 1. The molecule has 0 radical (unpaired) electrons. The molecule has 1 fully saturated rings. The lowest BCUT2D eigenvalue weighted by atomic mass is 10.0. The molecule has 1 aliphatic heterocycles. The molecule has 0 aliphatic carbocycles. The minimum absolute atomic E-state index is 0.0359. The maximum Gasteiger partial charge on any atom is 0.260 e. The number of carbonyl (C=O) groups excluding carboxylic acids is 1. The summed E-state index contributed by atoms with van der Waals surface area (Å²) in [5, 5.41) is 12.1. The standard InChI is InChI=1S/C18H28N2O3/c1-14-6-3-4-10-20(14)11-9-19-18(22)15(2)23-17-8-5-7-16(12-17)13-21/h5,7-8,12,14-15,21H,3-4,6,9-11,13H2,1-2H3,(H,19,22). The maximum absolute atomic E-state index is 12.1. The lowest BCUT2D eigenvalue weighted by Crippen LogP contribution is -2.44. The first kappa shape index (κ1) is 17.8. The molecule has 0 spiro atoms. The summed E-state index contributed by atoms with van der Waals surface area (Å²) in [5.41, 5.74) is 0.772.